The molecule has 1 unspecified atom stereocenters. The topological polar surface area (TPSA) is 314 Å². The number of imidazole rings is 1. The van der Waals surface area contributed by atoms with E-state index in [4.69, 9.17) is 23.2 Å². The molecule has 2 aliphatic rings. The van der Waals surface area contributed by atoms with Crippen LogP contribution in [-0.4, -0.2) is 99.7 Å². The molecule has 0 bridgehead atoms. The maximum absolute atomic E-state index is 13.3. The van der Waals surface area contributed by atoms with E-state index in [2.05, 4.69) is 31.8 Å². The van der Waals surface area contributed by atoms with Gasteiger partial charge < -0.3 is 44.3 Å². The summed E-state index contributed by atoms with van der Waals surface area (Å²) in [6.07, 6.45) is -2.05. The van der Waals surface area contributed by atoms with Crippen LogP contribution >= 0.6 is 46.3 Å². The lowest BCUT2D eigenvalue weighted by Gasteiger charge is -2.30. The van der Waals surface area contributed by atoms with Crippen molar-refractivity contribution in [2.75, 3.05) is 10.7 Å². The SMILES string of the molecule is C=CCn1c(C(=O)O)c(N2C(=O)NC3CSC=C3C2=O)c2cc(C(F)(F)F)ccc21.Cn1c(C(=O)O)c(-n2c(=O)[nH]c3nc[nH]c3c2=O)c2cc(Cl)ccc21.O=C(O)c1c(-n2c(=O)[nH]c3ccsc3c2=O)c2cc(Cl)ccc2n1Cc1ccccc1. The number of carbonyl (C=O) groups is 5. The zero-order valence-electron chi connectivity index (χ0n) is 43.7. The number of thioether (sulfide) groups is 1. The van der Waals surface area contributed by atoms with Gasteiger partial charge in [0.25, 0.3) is 17.0 Å². The summed E-state index contributed by atoms with van der Waals surface area (Å²) in [6.45, 7) is 3.75. The molecule has 1 atom stereocenters. The average molecular weight is 1250 g/mol. The Labute approximate surface area is 494 Å². The number of nitrogens with zero attached hydrogens (tertiary/aromatic N) is 7. The standard InChI is InChI=1S/C22H14ClN3O4S.C19H14F3N3O4S.C15H10ClN5O4/c23-13-6-7-16-14(10-13)17(26-20(27)19-15(8-9-31-19)24-22(26)30)18(21(28)29)25(16)11-12-4-2-1-3-5-12;1-2-5-24-13-4-3-9(19(20,21)22)6-10(13)14(15(24)17(27)28)25-16(26)11-7-30-8-12(11)23-18(25)29;1-20-8-3-2-6(16)4-7(8)10(11(20)14(23)24)21-13(22)9-12(18-5-17-9)19-15(21)25/h1-10H,11H2,(H,24,30)(H,28,29);2-4,6-7,12H,1,5,8H2,(H,23,29)(H,27,28);2-5H,1H3,(H,17,18)(H,19,25)(H,23,24). The van der Waals surface area contributed by atoms with Crippen LogP contribution in [0, 0.1) is 0 Å². The molecule has 9 heterocycles. The minimum absolute atomic E-state index is 0.00230. The average Bonchev–Trinajstić information content (AvgIpc) is 1.91. The van der Waals surface area contributed by atoms with Crippen molar-refractivity contribution in [2.45, 2.75) is 25.3 Å². The fourth-order valence-electron chi connectivity index (χ4n) is 10.4. The molecule has 436 valence electrons. The summed E-state index contributed by atoms with van der Waals surface area (Å²) in [6, 6.07) is 21.9. The number of imide groups is 1. The van der Waals surface area contributed by atoms with E-state index in [0.29, 0.717) is 52.7 Å². The third-order valence-corrected chi connectivity index (χ3v) is 16.4. The summed E-state index contributed by atoms with van der Waals surface area (Å²) in [7, 11) is 1.54. The van der Waals surface area contributed by atoms with Crippen molar-refractivity contribution < 1.29 is 52.5 Å². The number of rotatable bonds is 10. The van der Waals surface area contributed by atoms with Gasteiger partial charge in [-0.05, 0) is 77.0 Å². The zero-order chi connectivity index (χ0) is 61.4. The first-order valence-corrected chi connectivity index (χ1v) is 27.7. The van der Waals surface area contributed by atoms with E-state index < -0.39 is 81.5 Å². The summed E-state index contributed by atoms with van der Waals surface area (Å²) < 4.78 is 46.2. The van der Waals surface area contributed by atoms with Crippen molar-refractivity contribution in [1.82, 2.24) is 48.1 Å². The number of aromatic amines is 3. The van der Waals surface area contributed by atoms with E-state index in [1.807, 2.05) is 30.3 Å². The van der Waals surface area contributed by atoms with Gasteiger partial charge in [0.05, 0.1) is 57.1 Å². The number of aromatic carboxylic acids is 3. The van der Waals surface area contributed by atoms with Crippen LogP contribution in [0.2, 0.25) is 10.0 Å². The van der Waals surface area contributed by atoms with Crippen LogP contribution in [0.15, 0.2) is 146 Å². The number of hydrogen-bond acceptors (Lipinski definition) is 12. The number of anilines is 1. The van der Waals surface area contributed by atoms with Gasteiger partial charge in [0.1, 0.15) is 10.2 Å². The minimum atomic E-state index is -4.70. The van der Waals surface area contributed by atoms with Crippen LogP contribution in [0.3, 0.4) is 0 Å². The minimum Gasteiger partial charge on any atom is -0.477 e. The van der Waals surface area contributed by atoms with Gasteiger partial charge in [-0.3, -0.25) is 19.4 Å². The highest BCUT2D eigenvalue weighted by Crippen LogP contribution is 2.42. The van der Waals surface area contributed by atoms with E-state index in [-0.39, 0.29) is 63.5 Å². The molecule has 2 aliphatic heterocycles. The van der Waals surface area contributed by atoms with Gasteiger partial charge in [-0.2, -0.15) is 13.2 Å². The molecule has 0 spiro atoms. The van der Waals surface area contributed by atoms with E-state index in [1.54, 1.807) is 51.8 Å². The van der Waals surface area contributed by atoms with Gasteiger partial charge in [-0.1, -0.05) is 59.6 Å². The number of nitrogens with one attached hydrogen (secondary N) is 4. The molecule has 1 saturated heterocycles. The molecule has 11 aromatic rings. The first kappa shape index (κ1) is 57.6. The number of alkyl halides is 3. The monoisotopic (exact) mass is 1250 g/mol. The van der Waals surface area contributed by atoms with Crippen LogP contribution in [-0.2, 0) is 31.1 Å². The van der Waals surface area contributed by atoms with Crippen molar-refractivity contribution in [3.05, 3.63) is 206 Å². The number of carboxylic acid groups (broad SMARTS) is 3. The smallest absolute Gasteiger partial charge is 0.416 e. The first-order chi connectivity index (χ1) is 41.0. The van der Waals surface area contributed by atoms with Crippen molar-refractivity contribution >= 4 is 136 Å². The predicted octanol–water partition coefficient (Wildman–Crippen LogP) is 8.94. The summed E-state index contributed by atoms with van der Waals surface area (Å²) >= 11 is 14.7. The van der Waals surface area contributed by atoms with Gasteiger partial charge >= 0.3 is 41.5 Å². The second-order valence-corrected chi connectivity index (χ2v) is 21.8. The summed E-state index contributed by atoms with van der Waals surface area (Å²) in [5.74, 6) is -4.33. The van der Waals surface area contributed by atoms with Crippen molar-refractivity contribution in [3.8, 4) is 11.4 Å². The van der Waals surface area contributed by atoms with Crippen LogP contribution in [0.4, 0.5) is 23.7 Å². The summed E-state index contributed by atoms with van der Waals surface area (Å²) in [5.41, 5.74) is -2.17. The first-order valence-electron chi connectivity index (χ1n) is 25.1. The molecule has 30 heteroatoms. The van der Waals surface area contributed by atoms with Gasteiger partial charge in [0.15, 0.2) is 22.7 Å². The van der Waals surface area contributed by atoms with Crippen molar-refractivity contribution in [2.24, 2.45) is 7.05 Å². The number of H-pyrrole nitrogens is 3. The van der Waals surface area contributed by atoms with E-state index in [9.17, 15) is 71.6 Å². The Morgan fingerprint density at radius 1 is 0.744 bits per heavy atom. The lowest BCUT2D eigenvalue weighted by atomic mass is 10.0. The number of benzene rings is 4. The summed E-state index contributed by atoms with van der Waals surface area (Å²) in [4.78, 5) is 126. The van der Waals surface area contributed by atoms with Crippen LogP contribution < -0.4 is 32.7 Å². The molecule has 13 rings (SSSR count). The summed E-state index contributed by atoms with van der Waals surface area (Å²) in [5, 5.41) is 36.8. The number of aromatic nitrogens is 9. The molecule has 3 amide bonds. The second-order valence-electron chi connectivity index (χ2n) is 19.1. The van der Waals surface area contributed by atoms with Crippen LogP contribution in [0.5, 0.6) is 0 Å². The van der Waals surface area contributed by atoms with Gasteiger partial charge in [0.2, 0.25) is 0 Å². The number of carbonyl (C=O) groups excluding carboxylic acids is 2. The Hall–Kier alpha value is -10.2. The molecule has 23 nitrogen and oxygen atoms in total. The molecule has 1 fully saturated rings. The van der Waals surface area contributed by atoms with E-state index in [0.717, 1.165) is 32.9 Å². The maximum atomic E-state index is 13.3. The number of halogens is 5. The lowest BCUT2D eigenvalue weighted by Crippen LogP contribution is -2.56. The molecular weight excluding hydrogens is 1210 g/mol. The predicted molar refractivity (Wildman–Crippen MR) is 316 cm³/mol. The van der Waals surface area contributed by atoms with Crippen LogP contribution in [0.25, 0.3) is 65.5 Å². The highest BCUT2D eigenvalue weighted by molar-refractivity contribution is 8.02. The number of aryl methyl sites for hydroxylation is 1. The van der Waals surface area contributed by atoms with Gasteiger partial charge in [-0.25, -0.2) is 47.8 Å². The number of hydrogen-bond donors (Lipinski definition) is 7. The third-order valence-electron chi connectivity index (χ3n) is 14.1. The van der Waals surface area contributed by atoms with Crippen molar-refractivity contribution in [3.63, 3.8) is 0 Å². The molecular formula is C56H38Cl2F3N11O12S2. The Morgan fingerprint density at radius 2 is 1.34 bits per heavy atom. The van der Waals surface area contributed by atoms with E-state index >= 15 is 0 Å². The fraction of sp³-hybridized carbons (Fsp3) is 0.107. The molecule has 4 aromatic carbocycles. The number of allylic oxidation sites excluding steroid dienone is 1. The van der Waals surface area contributed by atoms with Gasteiger partial charge in [-0.15, -0.1) is 29.7 Å². The molecule has 0 saturated carbocycles. The normalized spacial score (nSPS) is 14.0. The number of urea groups is 1. The fourth-order valence-corrected chi connectivity index (χ4v) is 12.6. The van der Waals surface area contributed by atoms with Crippen molar-refractivity contribution in [1.29, 1.82) is 0 Å². The molecule has 7 aromatic heterocycles. The number of fused-ring (bicyclic) bond motifs is 6. The van der Waals surface area contributed by atoms with Gasteiger partial charge in [0, 0.05) is 57.7 Å². The number of amides is 3. The second kappa shape index (κ2) is 22.1. The zero-order valence-corrected chi connectivity index (χ0v) is 46.9. The highest BCUT2D eigenvalue weighted by Gasteiger charge is 2.44. The third kappa shape index (κ3) is 9.81. The Kier molecular flexibility index (Phi) is 14.8. The molecule has 7 N–H and O–H groups in total. The molecule has 0 aliphatic carbocycles. The molecule has 0 radical (unpaired) electrons. The number of carboxylic acids is 3. The van der Waals surface area contributed by atoms with E-state index in [1.165, 1.54) is 57.8 Å². The molecule has 86 heavy (non-hydrogen) atoms. The maximum Gasteiger partial charge on any atom is 0.416 e. The quantitative estimate of drug-likeness (QED) is 0.0629. The van der Waals surface area contributed by atoms with Crippen LogP contribution in [0.1, 0.15) is 42.6 Å². The number of thiophene rings is 1. The Bertz CT molecular complexity index is 5030. The highest BCUT2D eigenvalue weighted by atomic mass is 35.5. The lowest BCUT2D eigenvalue weighted by molar-refractivity contribution is -0.137. The Balaban J connectivity index is 0.000000135. The largest absolute Gasteiger partial charge is 0.477 e. The Morgan fingerprint density at radius 3 is 2.00 bits per heavy atom.